The Bertz CT molecular complexity index is 589. The third kappa shape index (κ3) is 3.59. The molecule has 5 heteroatoms. The van der Waals surface area contributed by atoms with Gasteiger partial charge in [0.05, 0.1) is 6.10 Å². The van der Waals surface area contributed by atoms with E-state index in [1.54, 1.807) is 6.07 Å². The van der Waals surface area contributed by atoms with Crippen molar-refractivity contribution in [2.24, 2.45) is 0 Å². The van der Waals surface area contributed by atoms with Gasteiger partial charge in [0.1, 0.15) is 17.5 Å². The summed E-state index contributed by atoms with van der Waals surface area (Å²) in [5, 5.41) is 12.6. The Kier molecular flexibility index (Phi) is 4.76. The van der Waals surface area contributed by atoms with Gasteiger partial charge < -0.3 is 10.4 Å². The van der Waals surface area contributed by atoms with Crippen LogP contribution in [-0.2, 0) is 6.54 Å². The van der Waals surface area contributed by atoms with Crippen LogP contribution in [0.5, 0.6) is 0 Å². The second kappa shape index (κ2) is 6.54. The minimum Gasteiger partial charge on any atom is -0.387 e. The van der Waals surface area contributed by atoms with Crippen LogP contribution in [0.15, 0.2) is 42.5 Å². The van der Waals surface area contributed by atoms with Crippen molar-refractivity contribution in [3.63, 3.8) is 0 Å². The Morgan fingerprint density at radius 1 is 1.00 bits per heavy atom. The molecule has 0 bridgehead atoms. The van der Waals surface area contributed by atoms with Gasteiger partial charge in [-0.1, -0.05) is 24.3 Å². The maximum absolute atomic E-state index is 13.4. The van der Waals surface area contributed by atoms with Crippen LogP contribution in [-0.4, -0.2) is 11.7 Å². The van der Waals surface area contributed by atoms with Gasteiger partial charge in [0.2, 0.25) is 0 Å². The highest BCUT2D eigenvalue weighted by Crippen LogP contribution is 2.16. The smallest absolute Gasteiger partial charge is 0.130 e. The molecule has 0 aliphatic rings. The van der Waals surface area contributed by atoms with Gasteiger partial charge in [0.15, 0.2) is 0 Å². The molecule has 2 aromatic carbocycles. The topological polar surface area (TPSA) is 32.3 Å². The molecule has 2 nitrogen and oxygen atoms in total. The van der Waals surface area contributed by atoms with Gasteiger partial charge in [-0.3, -0.25) is 0 Å². The molecular formula is C15H14F3NO. The van der Waals surface area contributed by atoms with Crippen molar-refractivity contribution in [3.8, 4) is 0 Å². The average Bonchev–Trinajstić information content (AvgIpc) is 2.41. The van der Waals surface area contributed by atoms with E-state index in [2.05, 4.69) is 5.32 Å². The third-order valence-corrected chi connectivity index (χ3v) is 2.93. The Morgan fingerprint density at radius 2 is 1.75 bits per heavy atom. The van der Waals surface area contributed by atoms with Crippen molar-refractivity contribution in [2.75, 3.05) is 6.54 Å². The Morgan fingerprint density at radius 3 is 2.45 bits per heavy atom. The maximum Gasteiger partial charge on any atom is 0.130 e. The number of aliphatic hydroxyl groups is 1. The summed E-state index contributed by atoms with van der Waals surface area (Å²) in [7, 11) is 0. The third-order valence-electron chi connectivity index (χ3n) is 2.93. The largest absolute Gasteiger partial charge is 0.387 e. The highest BCUT2D eigenvalue weighted by Gasteiger charge is 2.12. The number of hydrogen-bond donors (Lipinski definition) is 2. The summed E-state index contributed by atoms with van der Waals surface area (Å²) in [4.78, 5) is 0. The van der Waals surface area contributed by atoms with E-state index in [0.29, 0.717) is 0 Å². The Balaban J connectivity index is 1.91. The van der Waals surface area contributed by atoms with Gasteiger partial charge in [-0.15, -0.1) is 0 Å². The van der Waals surface area contributed by atoms with Crippen molar-refractivity contribution in [2.45, 2.75) is 12.6 Å². The molecule has 0 amide bonds. The molecular weight excluding hydrogens is 267 g/mol. The first kappa shape index (κ1) is 14.6. The molecule has 0 spiro atoms. The van der Waals surface area contributed by atoms with E-state index in [-0.39, 0.29) is 24.2 Å². The molecule has 0 saturated heterocycles. The molecule has 0 aliphatic heterocycles. The predicted molar refractivity (Wildman–Crippen MR) is 69.4 cm³/mol. The van der Waals surface area contributed by atoms with E-state index in [1.807, 2.05) is 0 Å². The summed E-state index contributed by atoms with van der Waals surface area (Å²) in [5.74, 6) is -1.79. The lowest BCUT2D eigenvalue weighted by molar-refractivity contribution is 0.169. The minimum atomic E-state index is -1.03. The predicted octanol–water partition coefficient (Wildman–Crippen LogP) is 2.93. The first-order chi connectivity index (χ1) is 9.58. The van der Waals surface area contributed by atoms with Crippen molar-refractivity contribution in [3.05, 3.63) is 71.0 Å². The quantitative estimate of drug-likeness (QED) is 0.883. The van der Waals surface area contributed by atoms with Crippen molar-refractivity contribution < 1.29 is 18.3 Å². The first-order valence-corrected chi connectivity index (χ1v) is 6.15. The molecule has 20 heavy (non-hydrogen) atoms. The molecule has 0 saturated carbocycles. The molecule has 106 valence electrons. The minimum absolute atomic E-state index is 0.0672. The van der Waals surface area contributed by atoms with Gasteiger partial charge in [-0.05, 0) is 12.1 Å². The molecule has 0 radical (unpaired) electrons. The van der Waals surface area contributed by atoms with Crippen LogP contribution < -0.4 is 5.32 Å². The summed E-state index contributed by atoms with van der Waals surface area (Å²) in [6, 6.07) is 9.19. The van der Waals surface area contributed by atoms with Crippen LogP contribution >= 0.6 is 0 Å². The SMILES string of the molecule is OC(CNCc1ccc(F)cc1F)c1ccccc1F. The molecule has 1 atom stereocenters. The molecule has 2 N–H and O–H groups in total. The number of nitrogens with one attached hydrogen (secondary N) is 1. The fraction of sp³-hybridized carbons (Fsp3) is 0.200. The second-order valence-corrected chi connectivity index (χ2v) is 4.40. The summed E-state index contributed by atoms with van der Waals surface area (Å²) >= 11 is 0. The Hall–Kier alpha value is -1.85. The van der Waals surface area contributed by atoms with Crippen LogP contribution in [0.25, 0.3) is 0 Å². The maximum atomic E-state index is 13.4. The van der Waals surface area contributed by atoms with Gasteiger partial charge in [0, 0.05) is 30.3 Å². The van der Waals surface area contributed by atoms with Gasteiger partial charge in [-0.25, -0.2) is 13.2 Å². The molecule has 2 aromatic rings. The van der Waals surface area contributed by atoms with Gasteiger partial charge >= 0.3 is 0 Å². The highest BCUT2D eigenvalue weighted by atomic mass is 19.1. The van der Waals surface area contributed by atoms with Crippen LogP contribution in [0.4, 0.5) is 13.2 Å². The highest BCUT2D eigenvalue weighted by molar-refractivity contribution is 5.21. The van der Waals surface area contributed by atoms with E-state index >= 15 is 0 Å². The standard InChI is InChI=1S/C15H14F3NO/c16-11-6-5-10(14(18)7-11)8-19-9-15(20)12-3-1-2-4-13(12)17/h1-7,15,19-20H,8-9H2. The van der Waals surface area contributed by atoms with Crippen LogP contribution in [0, 0.1) is 17.5 Å². The summed E-state index contributed by atoms with van der Waals surface area (Å²) < 4.78 is 39.5. The number of rotatable bonds is 5. The summed E-state index contributed by atoms with van der Waals surface area (Å²) in [5.41, 5.74) is 0.465. The van der Waals surface area contributed by atoms with Crippen LogP contribution in [0.2, 0.25) is 0 Å². The lowest BCUT2D eigenvalue weighted by atomic mass is 10.1. The average molecular weight is 281 g/mol. The molecule has 0 aromatic heterocycles. The number of aliphatic hydroxyl groups excluding tert-OH is 1. The molecule has 0 fully saturated rings. The van der Waals surface area contributed by atoms with Crippen molar-refractivity contribution >= 4 is 0 Å². The van der Waals surface area contributed by atoms with Crippen molar-refractivity contribution in [1.29, 1.82) is 0 Å². The molecule has 1 unspecified atom stereocenters. The van der Waals surface area contributed by atoms with Crippen LogP contribution in [0.1, 0.15) is 17.2 Å². The molecule has 0 aliphatic carbocycles. The lowest BCUT2D eigenvalue weighted by Gasteiger charge is -2.13. The second-order valence-electron chi connectivity index (χ2n) is 4.40. The van der Waals surface area contributed by atoms with Gasteiger partial charge in [0.25, 0.3) is 0 Å². The van der Waals surface area contributed by atoms with Crippen molar-refractivity contribution in [1.82, 2.24) is 5.32 Å². The Labute approximate surface area is 114 Å². The number of halogens is 3. The summed E-state index contributed by atoms with van der Waals surface area (Å²) in [6.45, 7) is 0.190. The zero-order valence-corrected chi connectivity index (χ0v) is 10.6. The van der Waals surface area contributed by atoms with E-state index in [0.717, 1.165) is 12.1 Å². The van der Waals surface area contributed by atoms with E-state index < -0.39 is 23.6 Å². The van der Waals surface area contributed by atoms with E-state index in [9.17, 15) is 18.3 Å². The normalized spacial score (nSPS) is 12.4. The zero-order valence-electron chi connectivity index (χ0n) is 10.6. The molecule has 0 heterocycles. The lowest BCUT2D eigenvalue weighted by Crippen LogP contribution is -2.22. The zero-order chi connectivity index (χ0) is 14.5. The monoisotopic (exact) mass is 281 g/mol. The fourth-order valence-corrected chi connectivity index (χ4v) is 1.86. The molecule has 2 rings (SSSR count). The summed E-state index contributed by atoms with van der Waals surface area (Å²) in [6.07, 6.45) is -1.03. The number of hydrogen-bond acceptors (Lipinski definition) is 2. The first-order valence-electron chi connectivity index (χ1n) is 6.15. The fourth-order valence-electron chi connectivity index (χ4n) is 1.86. The number of benzene rings is 2. The van der Waals surface area contributed by atoms with E-state index in [1.165, 1.54) is 24.3 Å². The van der Waals surface area contributed by atoms with E-state index in [4.69, 9.17) is 0 Å². The van der Waals surface area contributed by atoms with Gasteiger partial charge in [-0.2, -0.15) is 0 Å². The van der Waals surface area contributed by atoms with Crippen LogP contribution in [0.3, 0.4) is 0 Å².